The Kier molecular flexibility index (Phi) is 9.23. The van der Waals surface area contributed by atoms with E-state index in [1.807, 2.05) is 0 Å². The molecule has 0 aromatic rings. The monoisotopic (exact) mass is 513 g/mol. The molecule has 0 unspecified atom stereocenters. The van der Waals surface area contributed by atoms with Crippen LogP contribution < -0.4 is 1.76 Å². The Hall–Kier alpha value is 1.56. The Morgan fingerprint density at radius 2 is 0.524 bits per heavy atom. The van der Waals surface area contributed by atoms with Crippen molar-refractivity contribution < 1.29 is 0 Å². The fraction of sp³-hybridized carbons (Fsp3) is 1.00. The minimum absolute atomic E-state index is 0.881. The van der Waals surface area contributed by atoms with Gasteiger partial charge in [-0.25, -0.2) is 0 Å². The Labute approximate surface area is 144 Å². The summed E-state index contributed by atoms with van der Waals surface area (Å²) in [4.78, 5) is 0. The van der Waals surface area contributed by atoms with Crippen molar-refractivity contribution in [2.45, 2.75) is 107 Å². The standard InChI is InChI=1S/6C3H7.HN.2Sn/c6*1-3-2;;;/h6*3H,1-2H3;1H;;. The van der Waals surface area contributed by atoms with Crippen molar-refractivity contribution in [2.75, 3.05) is 0 Å². The van der Waals surface area contributed by atoms with Gasteiger partial charge < -0.3 is 0 Å². The first-order valence-corrected chi connectivity index (χ1v) is 21.9. The predicted octanol–water partition coefficient (Wildman–Crippen LogP) is 6.93. The predicted molar refractivity (Wildman–Crippen MR) is 105 cm³/mol. The van der Waals surface area contributed by atoms with Crippen LogP contribution >= 0.6 is 0 Å². The third-order valence-corrected chi connectivity index (χ3v) is 57.9. The molecule has 1 nitrogen and oxygen atoms in total. The van der Waals surface area contributed by atoms with Crippen LogP contribution in [0.4, 0.5) is 0 Å². The number of nitrogens with one attached hydrogen (secondary N) is 1. The van der Waals surface area contributed by atoms with E-state index in [1.54, 1.807) is 0 Å². The summed E-state index contributed by atoms with van der Waals surface area (Å²) in [6, 6.07) is 0. The first kappa shape index (κ1) is 22.6. The van der Waals surface area contributed by atoms with Gasteiger partial charge in [0.2, 0.25) is 0 Å². The summed E-state index contributed by atoms with van der Waals surface area (Å²) in [5, 5.41) is 0. The van der Waals surface area contributed by atoms with Crippen LogP contribution in [-0.4, -0.2) is 37.3 Å². The molecule has 21 heavy (non-hydrogen) atoms. The van der Waals surface area contributed by atoms with Crippen LogP contribution in [0.25, 0.3) is 0 Å². The second-order valence-corrected chi connectivity index (χ2v) is 44.8. The number of hydrogen-bond acceptors (Lipinski definition) is 1. The Balaban J connectivity index is 6.06. The minimum atomic E-state index is -2.42. The van der Waals surface area contributed by atoms with Crippen molar-refractivity contribution in [1.29, 1.82) is 0 Å². The molecule has 0 atom stereocenters. The van der Waals surface area contributed by atoms with E-state index in [4.69, 9.17) is 1.76 Å². The van der Waals surface area contributed by atoms with Crippen LogP contribution in [0.3, 0.4) is 0 Å². The van der Waals surface area contributed by atoms with E-state index in [0.717, 1.165) is 23.6 Å². The van der Waals surface area contributed by atoms with Crippen molar-refractivity contribution in [1.82, 2.24) is 1.76 Å². The molecule has 0 aliphatic rings. The molecule has 0 radical (unpaired) electrons. The third kappa shape index (κ3) is 4.35. The summed E-state index contributed by atoms with van der Waals surface area (Å²) < 4.78 is 9.98. The Morgan fingerprint density at radius 1 is 0.381 bits per heavy atom. The molecular formula is C18H43NSn2. The summed E-state index contributed by atoms with van der Waals surface area (Å²) >= 11 is -4.84. The first-order chi connectivity index (χ1) is 9.37. The van der Waals surface area contributed by atoms with Crippen LogP contribution in [0.2, 0.25) is 23.6 Å². The van der Waals surface area contributed by atoms with Gasteiger partial charge in [-0.1, -0.05) is 0 Å². The average Bonchev–Trinajstić information content (AvgIpc) is 2.26. The number of hydrogen-bond donors (Lipinski definition) is 1. The molecule has 0 heterocycles. The summed E-state index contributed by atoms with van der Waals surface area (Å²) in [6.07, 6.45) is 0. The van der Waals surface area contributed by atoms with E-state index in [9.17, 15) is 0 Å². The maximum atomic E-state index is 4.70. The van der Waals surface area contributed by atoms with E-state index in [0.29, 0.717) is 0 Å². The normalized spacial score (nSPS) is 14.6. The van der Waals surface area contributed by atoms with Crippen molar-refractivity contribution in [2.24, 2.45) is 0 Å². The molecule has 1 N–H and O–H groups in total. The van der Waals surface area contributed by atoms with E-state index in [2.05, 4.69) is 83.1 Å². The van der Waals surface area contributed by atoms with Crippen molar-refractivity contribution >= 4 is 37.3 Å². The molecule has 3 heteroatoms. The average molecular weight is 511 g/mol. The fourth-order valence-electron chi connectivity index (χ4n) is 5.24. The van der Waals surface area contributed by atoms with Crippen LogP contribution in [0.1, 0.15) is 83.1 Å². The second kappa shape index (κ2) is 8.59. The van der Waals surface area contributed by atoms with E-state index < -0.39 is 37.3 Å². The molecular weight excluding hydrogens is 468 g/mol. The van der Waals surface area contributed by atoms with Gasteiger partial charge in [0.25, 0.3) is 0 Å². The Morgan fingerprint density at radius 3 is 0.619 bits per heavy atom. The zero-order valence-electron chi connectivity index (χ0n) is 17.0. The topological polar surface area (TPSA) is 12.0 Å². The van der Waals surface area contributed by atoms with Crippen molar-refractivity contribution in [3.63, 3.8) is 0 Å². The molecule has 0 spiro atoms. The van der Waals surface area contributed by atoms with Gasteiger partial charge in [-0.2, -0.15) is 0 Å². The van der Waals surface area contributed by atoms with Gasteiger partial charge in [0, 0.05) is 0 Å². The van der Waals surface area contributed by atoms with Crippen LogP contribution in [-0.2, 0) is 0 Å². The van der Waals surface area contributed by atoms with Gasteiger partial charge in [0.1, 0.15) is 0 Å². The van der Waals surface area contributed by atoms with Crippen molar-refractivity contribution in [3.05, 3.63) is 0 Å². The molecule has 0 aliphatic heterocycles. The molecule has 0 aliphatic carbocycles. The summed E-state index contributed by atoms with van der Waals surface area (Å²) in [5.74, 6) is 0. The van der Waals surface area contributed by atoms with Crippen LogP contribution in [0, 0.1) is 0 Å². The quantitative estimate of drug-likeness (QED) is 0.349. The van der Waals surface area contributed by atoms with Crippen LogP contribution in [0.5, 0.6) is 0 Å². The molecule has 0 aromatic carbocycles. The van der Waals surface area contributed by atoms with E-state index >= 15 is 0 Å². The van der Waals surface area contributed by atoms with E-state index in [1.165, 1.54) is 0 Å². The third-order valence-electron chi connectivity index (χ3n) is 6.17. The van der Waals surface area contributed by atoms with Crippen molar-refractivity contribution in [3.8, 4) is 0 Å². The van der Waals surface area contributed by atoms with Gasteiger partial charge in [-0.15, -0.1) is 0 Å². The first-order valence-electron chi connectivity index (χ1n) is 9.16. The van der Waals surface area contributed by atoms with E-state index in [-0.39, 0.29) is 0 Å². The second-order valence-electron chi connectivity index (χ2n) is 8.92. The van der Waals surface area contributed by atoms with Gasteiger partial charge in [-0.3, -0.25) is 0 Å². The maximum absolute atomic E-state index is 4.70. The molecule has 0 saturated heterocycles. The SMILES string of the molecule is C[CH](C)[Sn]([NH][Sn]([CH](C)C)([CH](C)C)[CH](C)C)([CH](C)C)[CH](C)C. The zero-order valence-corrected chi connectivity index (χ0v) is 22.7. The summed E-state index contributed by atoms with van der Waals surface area (Å²) in [6.45, 7) is 30.2. The van der Waals surface area contributed by atoms with Gasteiger partial charge >= 0.3 is 146 Å². The molecule has 0 saturated carbocycles. The molecule has 0 fully saturated rings. The zero-order chi connectivity index (χ0) is 17.2. The molecule has 0 rings (SSSR count). The van der Waals surface area contributed by atoms with Gasteiger partial charge in [0.15, 0.2) is 0 Å². The summed E-state index contributed by atoms with van der Waals surface area (Å²) in [7, 11) is 0. The molecule has 128 valence electrons. The molecule has 0 amide bonds. The van der Waals surface area contributed by atoms with Gasteiger partial charge in [0.05, 0.1) is 0 Å². The number of rotatable bonds is 8. The fourth-order valence-corrected chi connectivity index (χ4v) is 82.7. The Bertz CT molecular complexity index is 233. The molecule has 0 bridgehead atoms. The summed E-state index contributed by atoms with van der Waals surface area (Å²) in [5.41, 5.74) is 0. The molecule has 0 aromatic heterocycles. The van der Waals surface area contributed by atoms with Crippen LogP contribution in [0.15, 0.2) is 0 Å². The van der Waals surface area contributed by atoms with Gasteiger partial charge in [-0.05, 0) is 0 Å².